The Balaban J connectivity index is 1.51. The Morgan fingerprint density at radius 2 is 0.974 bits per heavy atom. The molecule has 0 aliphatic rings. The van der Waals surface area contributed by atoms with Gasteiger partial charge in [-0.2, -0.15) is 0 Å². The molecule has 2 N–H and O–H groups in total. The molecule has 0 saturated carbocycles. The van der Waals surface area contributed by atoms with Gasteiger partial charge in [0.05, 0.1) is 16.7 Å². The highest BCUT2D eigenvalue weighted by Gasteiger charge is 2.21. The van der Waals surface area contributed by atoms with Crippen LogP contribution in [0.3, 0.4) is 0 Å². The number of fused-ring (bicyclic) bond motifs is 6. The lowest BCUT2D eigenvalue weighted by molar-refractivity contribution is 1.33. The predicted molar refractivity (Wildman–Crippen MR) is 159 cm³/mol. The van der Waals surface area contributed by atoms with Crippen molar-refractivity contribution in [3.63, 3.8) is 0 Å². The van der Waals surface area contributed by atoms with Crippen molar-refractivity contribution >= 4 is 43.6 Å². The highest BCUT2D eigenvalue weighted by Crippen LogP contribution is 2.44. The minimum Gasteiger partial charge on any atom is -0.354 e. The summed E-state index contributed by atoms with van der Waals surface area (Å²) in [4.78, 5) is 12.4. The van der Waals surface area contributed by atoms with Crippen LogP contribution in [0.5, 0.6) is 0 Å². The zero-order valence-electron chi connectivity index (χ0n) is 20.6. The van der Waals surface area contributed by atoms with E-state index in [2.05, 4.69) is 131 Å². The average molecular weight is 486 g/mol. The fourth-order valence-electron chi connectivity index (χ4n) is 5.95. The summed E-state index contributed by atoms with van der Waals surface area (Å²) in [5.74, 6) is 0. The SMILES string of the molecule is c1ccc(-c2nccc(-c3cccc4c3[nH]c3ccccc34)c2-c2cccc3c2[nH]c2ccccc23)cc1. The zero-order valence-corrected chi connectivity index (χ0v) is 20.6. The third kappa shape index (κ3) is 3.06. The van der Waals surface area contributed by atoms with Gasteiger partial charge in [-0.15, -0.1) is 0 Å². The van der Waals surface area contributed by atoms with Gasteiger partial charge in [0.1, 0.15) is 0 Å². The van der Waals surface area contributed by atoms with Gasteiger partial charge in [-0.25, -0.2) is 0 Å². The first kappa shape index (κ1) is 21.0. The average Bonchev–Trinajstić information content (AvgIpc) is 3.56. The van der Waals surface area contributed by atoms with Crippen LogP contribution in [0.2, 0.25) is 0 Å². The van der Waals surface area contributed by atoms with Crippen LogP contribution in [-0.2, 0) is 0 Å². The van der Waals surface area contributed by atoms with E-state index in [1.807, 2.05) is 6.20 Å². The summed E-state index contributed by atoms with van der Waals surface area (Å²) in [5, 5.41) is 4.91. The molecule has 3 heteroatoms. The van der Waals surface area contributed by atoms with Crippen LogP contribution in [-0.4, -0.2) is 15.0 Å². The molecule has 178 valence electrons. The largest absolute Gasteiger partial charge is 0.354 e. The molecule has 8 aromatic rings. The van der Waals surface area contributed by atoms with Gasteiger partial charge in [0.15, 0.2) is 0 Å². The summed E-state index contributed by atoms with van der Waals surface area (Å²) >= 11 is 0. The van der Waals surface area contributed by atoms with Crippen molar-refractivity contribution < 1.29 is 0 Å². The molecule has 5 aromatic carbocycles. The number of H-pyrrole nitrogens is 2. The molecule has 0 aliphatic carbocycles. The third-order valence-corrected chi connectivity index (χ3v) is 7.64. The Labute approximate surface area is 219 Å². The monoisotopic (exact) mass is 485 g/mol. The van der Waals surface area contributed by atoms with E-state index in [1.165, 1.54) is 27.1 Å². The smallest absolute Gasteiger partial charge is 0.0787 e. The van der Waals surface area contributed by atoms with E-state index in [1.54, 1.807) is 0 Å². The Hall–Kier alpha value is -5.15. The molecule has 38 heavy (non-hydrogen) atoms. The maximum Gasteiger partial charge on any atom is 0.0787 e. The van der Waals surface area contributed by atoms with E-state index in [-0.39, 0.29) is 0 Å². The van der Waals surface area contributed by atoms with Gasteiger partial charge in [0.2, 0.25) is 0 Å². The number of nitrogens with zero attached hydrogens (tertiary/aromatic N) is 1. The first-order valence-corrected chi connectivity index (χ1v) is 12.9. The van der Waals surface area contributed by atoms with Crippen molar-refractivity contribution in [2.75, 3.05) is 0 Å². The molecule has 3 nitrogen and oxygen atoms in total. The lowest BCUT2D eigenvalue weighted by Crippen LogP contribution is -1.95. The predicted octanol–water partition coefficient (Wildman–Crippen LogP) is 9.35. The molecule has 8 rings (SSSR count). The number of hydrogen-bond acceptors (Lipinski definition) is 1. The summed E-state index contributed by atoms with van der Waals surface area (Å²) in [7, 11) is 0. The topological polar surface area (TPSA) is 44.5 Å². The molecular weight excluding hydrogens is 462 g/mol. The van der Waals surface area contributed by atoms with E-state index in [9.17, 15) is 0 Å². The zero-order chi connectivity index (χ0) is 25.1. The van der Waals surface area contributed by atoms with Crippen molar-refractivity contribution in [3.8, 4) is 33.5 Å². The summed E-state index contributed by atoms with van der Waals surface area (Å²) in [6, 6.07) is 42.8. The summed E-state index contributed by atoms with van der Waals surface area (Å²) in [5.41, 5.74) is 11.2. The van der Waals surface area contributed by atoms with Crippen molar-refractivity contribution in [1.29, 1.82) is 0 Å². The second-order valence-electron chi connectivity index (χ2n) is 9.75. The molecule has 0 saturated heterocycles. The van der Waals surface area contributed by atoms with Gasteiger partial charge in [-0.05, 0) is 23.8 Å². The molecule has 0 radical (unpaired) electrons. The molecule has 0 aliphatic heterocycles. The van der Waals surface area contributed by atoms with Gasteiger partial charge in [-0.1, -0.05) is 103 Å². The number of pyridine rings is 1. The molecular formula is C35H23N3. The van der Waals surface area contributed by atoms with Gasteiger partial charge in [0, 0.05) is 61.0 Å². The highest BCUT2D eigenvalue weighted by molar-refractivity contribution is 6.16. The van der Waals surface area contributed by atoms with E-state index >= 15 is 0 Å². The minimum absolute atomic E-state index is 0.974. The Morgan fingerprint density at radius 3 is 1.66 bits per heavy atom. The minimum atomic E-state index is 0.974. The molecule has 0 unspecified atom stereocenters. The molecule has 0 amide bonds. The fourth-order valence-corrected chi connectivity index (χ4v) is 5.95. The van der Waals surface area contributed by atoms with Crippen molar-refractivity contribution in [2.45, 2.75) is 0 Å². The number of nitrogens with one attached hydrogen (secondary N) is 2. The van der Waals surface area contributed by atoms with Gasteiger partial charge in [-0.3, -0.25) is 4.98 Å². The number of benzene rings is 5. The van der Waals surface area contributed by atoms with E-state index in [4.69, 9.17) is 4.98 Å². The van der Waals surface area contributed by atoms with Crippen LogP contribution < -0.4 is 0 Å². The lowest BCUT2D eigenvalue weighted by atomic mass is 9.89. The van der Waals surface area contributed by atoms with Crippen LogP contribution in [0, 0.1) is 0 Å². The Morgan fingerprint density at radius 1 is 0.421 bits per heavy atom. The first-order chi connectivity index (χ1) is 18.9. The summed E-state index contributed by atoms with van der Waals surface area (Å²) < 4.78 is 0. The lowest BCUT2D eigenvalue weighted by Gasteiger charge is -2.16. The maximum absolute atomic E-state index is 4.97. The number of aromatic amines is 2. The number of para-hydroxylation sites is 4. The second kappa shape index (κ2) is 8.19. The van der Waals surface area contributed by atoms with Crippen molar-refractivity contribution in [3.05, 3.63) is 128 Å². The number of rotatable bonds is 3. The Bertz CT molecular complexity index is 2130. The van der Waals surface area contributed by atoms with Crippen molar-refractivity contribution in [2.24, 2.45) is 0 Å². The quantitative estimate of drug-likeness (QED) is 0.257. The first-order valence-electron chi connectivity index (χ1n) is 12.9. The second-order valence-corrected chi connectivity index (χ2v) is 9.75. The van der Waals surface area contributed by atoms with Crippen molar-refractivity contribution in [1.82, 2.24) is 15.0 Å². The van der Waals surface area contributed by atoms with Crippen LogP contribution in [0.25, 0.3) is 77.1 Å². The van der Waals surface area contributed by atoms with Gasteiger partial charge >= 0.3 is 0 Å². The van der Waals surface area contributed by atoms with E-state index in [0.29, 0.717) is 0 Å². The van der Waals surface area contributed by atoms with Crippen LogP contribution in [0.1, 0.15) is 0 Å². The molecule has 3 heterocycles. The van der Waals surface area contributed by atoms with Crippen LogP contribution in [0.4, 0.5) is 0 Å². The summed E-state index contributed by atoms with van der Waals surface area (Å²) in [6.07, 6.45) is 1.94. The molecule has 0 fully saturated rings. The number of hydrogen-bond donors (Lipinski definition) is 2. The van der Waals surface area contributed by atoms with Gasteiger partial charge in [0.25, 0.3) is 0 Å². The standard InChI is InChI=1S/C35H23N3/c1-2-10-22(11-3-1)33-32(29-17-9-15-27-24-13-5-7-19-31(24)38-35(27)29)25(20-21-36-33)28-16-8-14-26-23-12-4-6-18-30(23)37-34(26)28/h1-21,37-38H. The van der Waals surface area contributed by atoms with Gasteiger partial charge < -0.3 is 9.97 Å². The van der Waals surface area contributed by atoms with E-state index < -0.39 is 0 Å². The maximum atomic E-state index is 4.97. The van der Waals surface area contributed by atoms with Crippen LogP contribution in [0.15, 0.2) is 128 Å². The molecule has 0 atom stereocenters. The molecule has 0 spiro atoms. The normalized spacial score (nSPS) is 11.7. The van der Waals surface area contributed by atoms with Crippen LogP contribution >= 0.6 is 0 Å². The Kier molecular flexibility index (Phi) is 4.52. The molecule has 3 aromatic heterocycles. The number of aromatic nitrogens is 3. The molecule has 0 bridgehead atoms. The van der Waals surface area contributed by atoms with E-state index in [0.717, 1.165) is 50.0 Å². The highest BCUT2D eigenvalue weighted by atomic mass is 14.7. The fraction of sp³-hybridized carbons (Fsp3) is 0. The third-order valence-electron chi connectivity index (χ3n) is 7.64. The summed E-state index contributed by atoms with van der Waals surface area (Å²) in [6.45, 7) is 0.